The van der Waals surface area contributed by atoms with E-state index in [1.807, 2.05) is 13.8 Å². The van der Waals surface area contributed by atoms with Crippen molar-refractivity contribution in [1.29, 1.82) is 0 Å². The van der Waals surface area contributed by atoms with Gasteiger partial charge in [-0.15, -0.1) is 0 Å². The largest absolute Gasteiger partial charge is 0.373 e. The second kappa shape index (κ2) is 5.61. The average Bonchev–Trinajstić information content (AvgIpc) is 2.38. The van der Waals surface area contributed by atoms with Crippen molar-refractivity contribution in [3.63, 3.8) is 0 Å². The molecule has 19 heavy (non-hydrogen) atoms. The zero-order valence-electron chi connectivity index (χ0n) is 11.4. The van der Waals surface area contributed by atoms with Crippen molar-refractivity contribution in [2.45, 2.75) is 43.6 Å². The number of rotatable bonds is 4. The average molecular weight is 284 g/mol. The molecule has 1 aromatic rings. The highest BCUT2D eigenvalue weighted by Crippen LogP contribution is 2.26. The first-order valence-corrected chi connectivity index (χ1v) is 7.92. The maximum Gasteiger partial charge on any atom is 0.297 e. The molecule has 1 aliphatic rings. The van der Waals surface area contributed by atoms with E-state index < -0.39 is 15.7 Å². The van der Waals surface area contributed by atoms with Crippen molar-refractivity contribution in [1.82, 2.24) is 0 Å². The predicted octanol–water partition coefficient (Wildman–Crippen LogP) is 2.66. The van der Waals surface area contributed by atoms with Gasteiger partial charge in [0.25, 0.3) is 10.1 Å². The molecule has 0 unspecified atom stereocenters. The Morgan fingerprint density at radius 2 is 1.95 bits per heavy atom. The van der Waals surface area contributed by atoms with Gasteiger partial charge in [-0.2, -0.15) is 8.42 Å². The summed E-state index contributed by atoms with van der Waals surface area (Å²) in [4.78, 5) is 0.192. The van der Waals surface area contributed by atoms with Gasteiger partial charge < -0.3 is 4.74 Å². The lowest BCUT2D eigenvalue weighted by Crippen LogP contribution is -2.38. The van der Waals surface area contributed by atoms with Crippen molar-refractivity contribution < 1.29 is 17.3 Å². The van der Waals surface area contributed by atoms with Gasteiger partial charge in [-0.3, -0.25) is 4.18 Å². The lowest BCUT2D eigenvalue weighted by Gasteiger charge is -2.33. The molecule has 5 heteroatoms. The Labute approximate surface area is 114 Å². The lowest BCUT2D eigenvalue weighted by atomic mass is 9.97. The van der Waals surface area contributed by atoms with Gasteiger partial charge in [-0.05, 0) is 45.2 Å². The maximum absolute atomic E-state index is 12.1. The topological polar surface area (TPSA) is 52.6 Å². The Balaban J connectivity index is 2.03. The van der Waals surface area contributed by atoms with Gasteiger partial charge in [-0.1, -0.05) is 17.7 Å². The van der Waals surface area contributed by atoms with E-state index in [-0.39, 0.29) is 11.5 Å². The molecule has 1 heterocycles. The second-order valence-electron chi connectivity index (χ2n) is 5.28. The van der Waals surface area contributed by atoms with Gasteiger partial charge in [0.15, 0.2) is 0 Å². The Kier molecular flexibility index (Phi) is 4.28. The van der Waals surface area contributed by atoms with Gasteiger partial charge in [0, 0.05) is 6.61 Å². The fraction of sp³-hybridized carbons (Fsp3) is 0.571. The molecule has 0 spiro atoms. The van der Waals surface area contributed by atoms with E-state index in [9.17, 15) is 8.42 Å². The molecule has 4 nitrogen and oxygen atoms in total. The molecule has 0 aliphatic carbocycles. The molecule has 1 fully saturated rings. The van der Waals surface area contributed by atoms with Gasteiger partial charge in [0.2, 0.25) is 0 Å². The SMILES string of the molecule is Cc1ccc(S(=O)(=O)OC[C@@]2(C)CCCCO2)cc1. The molecule has 0 amide bonds. The quantitative estimate of drug-likeness (QED) is 0.798. The van der Waals surface area contributed by atoms with Crippen LogP contribution in [0.2, 0.25) is 0 Å². The number of hydrogen-bond acceptors (Lipinski definition) is 4. The van der Waals surface area contributed by atoms with Crippen LogP contribution in [0.3, 0.4) is 0 Å². The van der Waals surface area contributed by atoms with Crippen LogP contribution in [-0.4, -0.2) is 27.2 Å². The number of hydrogen-bond donors (Lipinski definition) is 0. The van der Waals surface area contributed by atoms with Gasteiger partial charge in [-0.25, -0.2) is 0 Å². The van der Waals surface area contributed by atoms with E-state index in [0.717, 1.165) is 24.8 Å². The lowest BCUT2D eigenvalue weighted by molar-refractivity contribution is -0.0878. The van der Waals surface area contributed by atoms with Crippen molar-refractivity contribution in [3.05, 3.63) is 29.8 Å². The maximum atomic E-state index is 12.1. The highest BCUT2D eigenvalue weighted by molar-refractivity contribution is 7.86. The van der Waals surface area contributed by atoms with Crippen LogP contribution in [0.15, 0.2) is 29.2 Å². The smallest absolute Gasteiger partial charge is 0.297 e. The molecule has 1 aliphatic heterocycles. The Morgan fingerprint density at radius 3 is 2.53 bits per heavy atom. The molecule has 2 rings (SSSR count). The van der Waals surface area contributed by atoms with E-state index in [4.69, 9.17) is 8.92 Å². The summed E-state index contributed by atoms with van der Waals surface area (Å²) >= 11 is 0. The van der Waals surface area contributed by atoms with Crippen LogP contribution >= 0.6 is 0 Å². The molecule has 0 bridgehead atoms. The fourth-order valence-electron chi connectivity index (χ4n) is 2.08. The first-order chi connectivity index (χ1) is 8.91. The number of aryl methyl sites for hydroxylation is 1. The highest BCUT2D eigenvalue weighted by atomic mass is 32.2. The third-order valence-electron chi connectivity index (χ3n) is 3.38. The summed E-state index contributed by atoms with van der Waals surface area (Å²) in [5, 5.41) is 0. The van der Waals surface area contributed by atoms with Crippen molar-refractivity contribution in [2.24, 2.45) is 0 Å². The van der Waals surface area contributed by atoms with Crippen LogP contribution in [0.4, 0.5) is 0 Å². The zero-order chi connectivity index (χ0) is 13.9. The summed E-state index contributed by atoms with van der Waals surface area (Å²) in [5.74, 6) is 0. The zero-order valence-corrected chi connectivity index (χ0v) is 12.2. The first-order valence-electron chi connectivity index (χ1n) is 6.51. The van der Waals surface area contributed by atoms with E-state index in [1.54, 1.807) is 24.3 Å². The Hall–Kier alpha value is -0.910. The summed E-state index contributed by atoms with van der Waals surface area (Å²) < 4.78 is 34.9. The minimum atomic E-state index is -3.69. The van der Waals surface area contributed by atoms with Crippen LogP contribution in [0.25, 0.3) is 0 Å². The van der Waals surface area contributed by atoms with Crippen LogP contribution < -0.4 is 0 Å². The molecular formula is C14H20O4S. The fourth-order valence-corrected chi connectivity index (χ4v) is 3.09. The van der Waals surface area contributed by atoms with Crippen LogP contribution in [0, 0.1) is 6.92 Å². The molecule has 0 aromatic heterocycles. The predicted molar refractivity (Wildman–Crippen MR) is 72.5 cm³/mol. The van der Waals surface area contributed by atoms with Crippen LogP contribution in [-0.2, 0) is 19.0 Å². The normalized spacial score (nSPS) is 24.3. The Bertz CT molecular complexity index is 513. The van der Waals surface area contributed by atoms with Crippen molar-refractivity contribution >= 4 is 10.1 Å². The molecule has 1 saturated heterocycles. The molecule has 0 N–H and O–H groups in total. The molecule has 0 saturated carbocycles. The van der Waals surface area contributed by atoms with Gasteiger partial charge in [0.05, 0.1) is 17.1 Å². The molecule has 0 radical (unpaired) electrons. The van der Waals surface area contributed by atoms with E-state index >= 15 is 0 Å². The summed E-state index contributed by atoms with van der Waals surface area (Å²) in [6, 6.07) is 6.65. The van der Waals surface area contributed by atoms with E-state index in [0.29, 0.717) is 6.61 Å². The molecule has 1 atom stereocenters. The minimum absolute atomic E-state index is 0.0726. The monoisotopic (exact) mass is 284 g/mol. The standard InChI is InChI=1S/C14H20O4S/c1-12-5-7-13(8-6-12)19(15,16)18-11-14(2)9-3-4-10-17-14/h5-8H,3-4,9-11H2,1-2H3/t14-/m1/s1. The summed E-state index contributed by atoms with van der Waals surface area (Å²) in [7, 11) is -3.69. The number of ether oxygens (including phenoxy) is 1. The summed E-state index contributed by atoms with van der Waals surface area (Å²) in [5.41, 5.74) is 0.525. The molecule has 106 valence electrons. The Morgan fingerprint density at radius 1 is 1.26 bits per heavy atom. The summed E-state index contributed by atoms with van der Waals surface area (Å²) in [6.07, 6.45) is 2.90. The van der Waals surface area contributed by atoms with E-state index in [1.165, 1.54) is 0 Å². The first kappa shape index (κ1) is 14.5. The van der Waals surface area contributed by atoms with Crippen molar-refractivity contribution in [3.8, 4) is 0 Å². The van der Waals surface area contributed by atoms with Crippen LogP contribution in [0.1, 0.15) is 31.7 Å². The second-order valence-corrected chi connectivity index (χ2v) is 6.90. The van der Waals surface area contributed by atoms with Gasteiger partial charge >= 0.3 is 0 Å². The van der Waals surface area contributed by atoms with E-state index in [2.05, 4.69) is 0 Å². The van der Waals surface area contributed by atoms with Crippen molar-refractivity contribution in [2.75, 3.05) is 13.2 Å². The summed E-state index contributed by atoms with van der Waals surface area (Å²) in [6.45, 7) is 4.55. The minimum Gasteiger partial charge on any atom is -0.373 e. The third-order valence-corrected chi connectivity index (χ3v) is 4.66. The molecule has 1 aromatic carbocycles. The molecular weight excluding hydrogens is 264 g/mol. The number of benzene rings is 1. The van der Waals surface area contributed by atoms with Gasteiger partial charge in [0.1, 0.15) is 0 Å². The third kappa shape index (κ3) is 3.78. The van der Waals surface area contributed by atoms with Crippen LogP contribution in [0.5, 0.6) is 0 Å². The highest BCUT2D eigenvalue weighted by Gasteiger charge is 2.30.